The number of aromatic nitrogens is 1. The van der Waals surface area contributed by atoms with Crippen molar-refractivity contribution in [1.29, 1.82) is 0 Å². The first-order chi connectivity index (χ1) is 5.52. The monoisotopic (exact) mass is 223 g/mol. The van der Waals surface area contributed by atoms with Crippen LogP contribution in [0.3, 0.4) is 0 Å². The van der Waals surface area contributed by atoms with E-state index in [0.29, 0.717) is 0 Å². The first-order valence-corrected chi connectivity index (χ1v) is 4.05. The number of hydrogen-bond donors (Lipinski definition) is 1. The van der Waals surface area contributed by atoms with E-state index in [2.05, 4.69) is 11.6 Å². The van der Waals surface area contributed by atoms with Gasteiger partial charge in [0, 0.05) is 0 Å². The van der Waals surface area contributed by atoms with E-state index in [4.69, 9.17) is 39.9 Å². The van der Waals surface area contributed by atoms with Crippen LogP contribution in [0, 0.1) is 0 Å². The molecule has 0 aliphatic heterocycles. The van der Waals surface area contributed by atoms with Gasteiger partial charge < -0.3 is 5.11 Å². The van der Waals surface area contributed by atoms with Gasteiger partial charge >= 0.3 is 0 Å². The Morgan fingerprint density at radius 1 is 1.42 bits per heavy atom. The van der Waals surface area contributed by atoms with Gasteiger partial charge in [-0.15, -0.1) is 0 Å². The third kappa shape index (κ3) is 1.83. The third-order valence-corrected chi connectivity index (χ3v) is 2.32. The molecule has 1 rings (SSSR count). The number of halogens is 3. The molecule has 0 amide bonds. The molecule has 2 nitrogen and oxygen atoms in total. The van der Waals surface area contributed by atoms with Crippen molar-refractivity contribution < 1.29 is 5.11 Å². The molecule has 0 saturated heterocycles. The van der Waals surface area contributed by atoms with Crippen molar-refractivity contribution in [2.45, 2.75) is 0 Å². The largest absolute Gasteiger partial charge is 0.506 e. The molecule has 0 saturated carbocycles. The van der Waals surface area contributed by atoms with Crippen molar-refractivity contribution in [1.82, 2.24) is 4.98 Å². The second-order valence-electron chi connectivity index (χ2n) is 2.04. The number of pyridine rings is 1. The van der Waals surface area contributed by atoms with E-state index in [1.165, 1.54) is 6.07 Å². The van der Waals surface area contributed by atoms with Crippen molar-refractivity contribution in [3.8, 4) is 0 Å². The standard InChI is InChI=1S/C7H4Cl3NO/c1-3(12)5-2-4(8)6(9)7(10)11-5/h2,12H,1H2. The predicted octanol–water partition coefficient (Wildman–Crippen LogP) is 3.57. The van der Waals surface area contributed by atoms with Gasteiger partial charge in [0.25, 0.3) is 0 Å². The highest BCUT2D eigenvalue weighted by Gasteiger charge is 2.08. The highest BCUT2D eigenvalue weighted by molar-refractivity contribution is 6.47. The molecule has 0 spiro atoms. The Balaban J connectivity index is 3.31. The topological polar surface area (TPSA) is 33.1 Å². The quantitative estimate of drug-likeness (QED) is 0.584. The molecule has 1 N–H and O–H groups in total. The van der Waals surface area contributed by atoms with Crippen LogP contribution in [-0.2, 0) is 0 Å². The van der Waals surface area contributed by atoms with Gasteiger partial charge in [-0.2, -0.15) is 0 Å². The molecule has 1 aromatic rings. The van der Waals surface area contributed by atoms with Crippen molar-refractivity contribution in [3.63, 3.8) is 0 Å². The molecule has 0 unspecified atom stereocenters. The fraction of sp³-hybridized carbons (Fsp3) is 0. The lowest BCUT2D eigenvalue weighted by atomic mass is 10.3. The second kappa shape index (κ2) is 3.52. The summed E-state index contributed by atoms with van der Waals surface area (Å²) < 4.78 is 0. The summed E-state index contributed by atoms with van der Waals surface area (Å²) in [5, 5.41) is 9.40. The zero-order chi connectivity index (χ0) is 9.30. The predicted molar refractivity (Wildman–Crippen MR) is 50.9 cm³/mol. The van der Waals surface area contributed by atoms with Crippen LogP contribution in [0.5, 0.6) is 0 Å². The lowest BCUT2D eigenvalue weighted by molar-refractivity contribution is 0.510. The highest BCUT2D eigenvalue weighted by Crippen LogP contribution is 2.29. The summed E-state index contributed by atoms with van der Waals surface area (Å²) in [6.45, 7) is 3.27. The fourth-order valence-electron chi connectivity index (χ4n) is 0.617. The number of nitrogens with zero attached hydrogens (tertiary/aromatic N) is 1. The van der Waals surface area contributed by atoms with Crippen molar-refractivity contribution in [2.75, 3.05) is 0 Å². The van der Waals surface area contributed by atoms with Crippen LogP contribution in [0.2, 0.25) is 15.2 Å². The lowest BCUT2D eigenvalue weighted by Gasteiger charge is -2.01. The normalized spacial score (nSPS) is 9.92. The van der Waals surface area contributed by atoms with Crippen molar-refractivity contribution in [2.24, 2.45) is 0 Å². The molecule has 0 fully saturated rings. The van der Waals surface area contributed by atoms with E-state index >= 15 is 0 Å². The summed E-state index contributed by atoms with van der Waals surface area (Å²) >= 11 is 16.9. The van der Waals surface area contributed by atoms with E-state index in [9.17, 15) is 0 Å². The maximum absolute atomic E-state index is 8.95. The summed E-state index contributed by atoms with van der Waals surface area (Å²) in [6, 6.07) is 1.39. The number of aliphatic hydroxyl groups is 1. The zero-order valence-electron chi connectivity index (χ0n) is 5.81. The molecule has 0 radical (unpaired) electrons. The Kier molecular flexibility index (Phi) is 2.83. The third-order valence-electron chi connectivity index (χ3n) is 1.17. The van der Waals surface area contributed by atoms with E-state index < -0.39 is 0 Å². The van der Waals surface area contributed by atoms with Crippen LogP contribution in [0.25, 0.3) is 5.76 Å². The van der Waals surface area contributed by atoms with Crippen LogP contribution in [0.15, 0.2) is 12.6 Å². The van der Waals surface area contributed by atoms with Gasteiger partial charge in [-0.3, -0.25) is 0 Å². The van der Waals surface area contributed by atoms with Gasteiger partial charge in [-0.1, -0.05) is 41.4 Å². The first-order valence-electron chi connectivity index (χ1n) is 2.92. The van der Waals surface area contributed by atoms with Crippen LogP contribution in [0.4, 0.5) is 0 Å². The van der Waals surface area contributed by atoms with E-state index in [-0.39, 0.29) is 26.7 Å². The fourth-order valence-corrected chi connectivity index (χ4v) is 1.15. The van der Waals surface area contributed by atoms with Crippen LogP contribution >= 0.6 is 34.8 Å². The van der Waals surface area contributed by atoms with Gasteiger partial charge in [-0.25, -0.2) is 4.98 Å². The minimum Gasteiger partial charge on any atom is -0.506 e. The molecule has 64 valence electrons. The van der Waals surface area contributed by atoms with Gasteiger partial charge in [0.1, 0.15) is 16.6 Å². The smallest absolute Gasteiger partial charge is 0.149 e. The zero-order valence-corrected chi connectivity index (χ0v) is 8.08. The van der Waals surface area contributed by atoms with E-state index in [1.807, 2.05) is 0 Å². The molecule has 1 aromatic heterocycles. The Hall–Kier alpha value is -0.440. The average molecular weight is 224 g/mol. The molecule has 5 heteroatoms. The van der Waals surface area contributed by atoms with Crippen molar-refractivity contribution >= 4 is 40.6 Å². The Bertz CT molecular complexity index is 314. The molecule has 0 aliphatic rings. The Morgan fingerprint density at radius 3 is 2.42 bits per heavy atom. The van der Waals surface area contributed by atoms with Gasteiger partial charge in [0.15, 0.2) is 0 Å². The molecule has 12 heavy (non-hydrogen) atoms. The van der Waals surface area contributed by atoms with Crippen LogP contribution in [0.1, 0.15) is 5.69 Å². The summed E-state index contributed by atoms with van der Waals surface area (Å²) in [6.07, 6.45) is 0. The average Bonchev–Trinajstić information content (AvgIpc) is 1.99. The number of hydrogen-bond acceptors (Lipinski definition) is 2. The van der Waals surface area contributed by atoms with E-state index in [0.717, 1.165) is 0 Å². The minimum atomic E-state index is -0.199. The minimum absolute atomic E-state index is 0.0503. The molecule has 1 heterocycles. The second-order valence-corrected chi connectivity index (χ2v) is 3.18. The summed E-state index contributed by atoms with van der Waals surface area (Å²) in [7, 11) is 0. The summed E-state index contributed by atoms with van der Waals surface area (Å²) in [5.74, 6) is -0.199. The molecule has 0 aromatic carbocycles. The summed E-state index contributed by atoms with van der Waals surface area (Å²) in [4.78, 5) is 3.73. The van der Waals surface area contributed by atoms with Crippen LogP contribution < -0.4 is 0 Å². The molecule has 0 bridgehead atoms. The van der Waals surface area contributed by atoms with Gasteiger partial charge in [0.05, 0.1) is 10.0 Å². The molecule has 0 atom stereocenters. The highest BCUT2D eigenvalue weighted by atomic mass is 35.5. The van der Waals surface area contributed by atoms with Gasteiger partial charge in [-0.05, 0) is 6.07 Å². The molecular formula is C7H4Cl3NO. The lowest BCUT2D eigenvalue weighted by Crippen LogP contribution is -1.88. The molecular weight excluding hydrogens is 220 g/mol. The van der Waals surface area contributed by atoms with Crippen molar-refractivity contribution in [3.05, 3.63) is 33.5 Å². The van der Waals surface area contributed by atoms with Gasteiger partial charge in [0.2, 0.25) is 0 Å². The Morgan fingerprint density at radius 2 is 2.00 bits per heavy atom. The maximum Gasteiger partial charge on any atom is 0.149 e. The van der Waals surface area contributed by atoms with E-state index in [1.54, 1.807) is 0 Å². The number of aliphatic hydroxyl groups excluding tert-OH is 1. The van der Waals surface area contributed by atoms with Crippen LogP contribution in [-0.4, -0.2) is 10.1 Å². The maximum atomic E-state index is 8.95. The Labute approximate surface area is 84.4 Å². The SMILES string of the molecule is C=C(O)c1cc(Cl)c(Cl)c(Cl)n1. The first kappa shape index (κ1) is 9.65. The number of rotatable bonds is 1. The molecule has 0 aliphatic carbocycles. The summed E-state index contributed by atoms with van der Waals surface area (Å²) in [5.41, 5.74) is 0.217.